The summed E-state index contributed by atoms with van der Waals surface area (Å²) in [6, 6.07) is 0.636. The molecule has 3 fully saturated rings. The van der Waals surface area contributed by atoms with Gasteiger partial charge in [0.2, 0.25) is 0 Å². The molecule has 0 aliphatic carbocycles. The second kappa shape index (κ2) is 4.41. The normalized spacial score (nSPS) is 48.0. The van der Waals surface area contributed by atoms with E-state index in [9.17, 15) is 5.11 Å². The molecule has 0 aromatic carbocycles. The number of aliphatic hydroxyl groups is 1. The van der Waals surface area contributed by atoms with Gasteiger partial charge in [0.1, 0.15) is 0 Å². The van der Waals surface area contributed by atoms with Crippen molar-refractivity contribution in [3.63, 3.8) is 0 Å². The van der Waals surface area contributed by atoms with E-state index in [1.807, 2.05) is 18.7 Å². The molecule has 3 rings (SSSR count). The predicted molar refractivity (Wildman–Crippen MR) is 70.5 cm³/mol. The van der Waals surface area contributed by atoms with Crippen molar-refractivity contribution in [2.24, 2.45) is 0 Å². The molecule has 0 amide bonds. The molecular formula is C13H23NO2S. The van der Waals surface area contributed by atoms with E-state index in [1.165, 1.54) is 24.3 Å². The Hall–Kier alpha value is 0.230. The highest BCUT2D eigenvalue weighted by atomic mass is 32.2. The number of rotatable bonds is 1. The highest BCUT2D eigenvalue weighted by Gasteiger charge is 2.44. The molecule has 3 saturated heterocycles. The van der Waals surface area contributed by atoms with E-state index in [2.05, 4.69) is 4.90 Å². The fraction of sp³-hybridized carbons (Fsp3) is 1.00. The number of ether oxygens (including phenoxy) is 1. The van der Waals surface area contributed by atoms with Crippen LogP contribution in [-0.2, 0) is 4.74 Å². The van der Waals surface area contributed by atoms with Crippen molar-refractivity contribution < 1.29 is 9.84 Å². The second-order valence-corrected chi connectivity index (χ2v) is 7.30. The lowest BCUT2D eigenvalue weighted by atomic mass is 9.89. The molecule has 3 atom stereocenters. The zero-order valence-corrected chi connectivity index (χ0v) is 11.5. The van der Waals surface area contributed by atoms with E-state index in [0.717, 1.165) is 32.5 Å². The van der Waals surface area contributed by atoms with Crippen LogP contribution >= 0.6 is 11.8 Å². The van der Waals surface area contributed by atoms with Crippen molar-refractivity contribution in [2.45, 2.75) is 49.9 Å². The fourth-order valence-corrected chi connectivity index (χ4v) is 4.85. The summed E-state index contributed by atoms with van der Waals surface area (Å²) >= 11 is 2.03. The third kappa shape index (κ3) is 2.50. The molecule has 3 nitrogen and oxygen atoms in total. The molecular weight excluding hydrogens is 234 g/mol. The quantitative estimate of drug-likeness (QED) is 0.771. The summed E-state index contributed by atoms with van der Waals surface area (Å²) in [7, 11) is 0. The van der Waals surface area contributed by atoms with Crippen LogP contribution < -0.4 is 0 Å². The van der Waals surface area contributed by atoms with Crippen LogP contribution in [0.15, 0.2) is 0 Å². The topological polar surface area (TPSA) is 32.7 Å². The van der Waals surface area contributed by atoms with Crippen LogP contribution in [0.3, 0.4) is 0 Å². The molecule has 0 aromatic rings. The molecule has 3 aliphatic rings. The summed E-state index contributed by atoms with van der Waals surface area (Å²) in [6.45, 7) is 4.78. The Morgan fingerprint density at radius 3 is 2.94 bits per heavy atom. The van der Waals surface area contributed by atoms with Crippen molar-refractivity contribution in [1.82, 2.24) is 4.90 Å². The summed E-state index contributed by atoms with van der Waals surface area (Å²) in [6.07, 6.45) is 4.46. The Kier molecular flexibility index (Phi) is 3.18. The average Bonchev–Trinajstić information content (AvgIpc) is 2.86. The molecule has 1 spiro atoms. The maximum Gasteiger partial charge on any atom is 0.0795 e. The van der Waals surface area contributed by atoms with Crippen LogP contribution in [0.4, 0.5) is 0 Å². The third-order valence-electron chi connectivity index (χ3n) is 4.53. The number of thioether (sulfide) groups is 1. The smallest absolute Gasteiger partial charge is 0.0795 e. The summed E-state index contributed by atoms with van der Waals surface area (Å²) < 4.78 is 6.06. The zero-order chi connectivity index (χ0) is 11.9. The predicted octanol–water partition coefficient (Wildman–Crippen LogP) is 1.50. The molecule has 3 heterocycles. The van der Waals surface area contributed by atoms with Crippen LogP contribution in [-0.4, -0.2) is 58.5 Å². The molecule has 0 bridgehead atoms. The minimum absolute atomic E-state index is 0.169. The maximum absolute atomic E-state index is 10.1. The van der Waals surface area contributed by atoms with E-state index in [-0.39, 0.29) is 5.60 Å². The lowest BCUT2D eigenvalue weighted by Crippen LogP contribution is -2.49. The molecule has 98 valence electrons. The van der Waals surface area contributed by atoms with Crippen LogP contribution in [0.25, 0.3) is 0 Å². The first kappa shape index (κ1) is 12.3. The molecule has 1 N–H and O–H groups in total. The Morgan fingerprint density at radius 2 is 2.29 bits per heavy atom. The second-order valence-electron chi connectivity index (χ2n) is 6.20. The number of nitrogens with zero attached hydrogens (tertiary/aromatic N) is 1. The van der Waals surface area contributed by atoms with Crippen molar-refractivity contribution in [1.29, 1.82) is 0 Å². The van der Waals surface area contributed by atoms with Gasteiger partial charge in [0, 0.05) is 31.5 Å². The van der Waals surface area contributed by atoms with Gasteiger partial charge < -0.3 is 9.84 Å². The lowest BCUT2D eigenvalue weighted by molar-refractivity contribution is -0.0892. The fourth-order valence-electron chi connectivity index (χ4n) is 3.47. The van der Waals surface area contributed by atoms with Gasteiger partial charge in [-0.3, -0.25) is 4.90 Å². The summed E-state index contributed by atoms with van der Waals surface area (Å²) in [4.78, 5) is 2.49. The maximum atomic E-state index is 10.1. The van der Waals surface area contributed by atoms with Crippen molar-refractivity contribution in [3.8, 4) is 0 Å². The van der Waals surface area contributed by atoms with Crippen LogP contribution in [0.5, 0.6) is 0 Å². The van der Waals surface area contributed by atoms with Gasteiger partial charge in [-0.1, -0.05) is 0 Å². The number of hydrogen-bond acceptors (Lipinski definition) is 4. The molecule has 4 heteroatoms. The van der Waals surface area contributed by atoms with Crippen molar-refractivity contribution in [2.75, 3.05) is 31.2 Å². The van der Waals surface area contributed by atoms with E-state index >= 15 is 0 Å². The van der Waals surface area contributed by atoms with Gasteiger partial charge in [0.05, 0.1) is 11.2 Å². The molecule has 3 aliphatic heterocycles. The van der Waals surface area contributed by atoms with Crippen LogP contribution in [0.2, 0.25) is 0 Å². The van der Waals surface area contributed by atoms with Gasteiger partial charge in [0.15, 0.2) is 0 Å². The van der Waals surface area contributed by atoms with E-state index in [4.69, 9.17) is 4.74 Å². The largest absolute Gasteiger partial charge is 0.389 e. The van der Waals surface area contributed by atoms with Gasteiger partial charge in [-0.2, -0.15) is 11.8 Å². The van der Waals surface area contributed by atoms with Gasteiger partial charge in [-0.15, -0.1) is 0 Å². The van der Waals surface area contributed by atoms with Gasteiger partial charge >= 0.3 is 0 Å². The number of hydrogen-bond donors (Lipinski definition) is 1. The monoisotopic (exact) mass is 257 g/mol. The van der Waals surface area contributed by atoms with E-state index in [1.54, 1.807) is 0 Å². The summed E-state index contributed by atoms with van der Waals surface area (Å²) in [5, 5.41) is 10.1. The third-order valence-corrected chi connectivity index (χ3v) is 5.75. The van der Waals surface area contributed by atoms with Gasteiger partial charge in [-0.25, -0.2) is 0 Å². The summed E-state index contributed by atoms with van der Waals surface area (Å²) in [5.74, 6) is 2.43. The van der Waals surface area contributed by atoms with Crippen molar-refractivity contribution >= 4 is 11.8 Å². The minimum Gasteiger partial charge on any atom is -0.389 e. The zero-order valence-electron chi connectivity index (χ0n) is 10.7. The standard InChI is InChI=1S/C13H23NO2S/c1-12(15)3-5-14(9-12)11-2-6-16-13(8-11)4-7-17-10-13/h11,15H,2-10H2,1H3. The first-order chi connectivity index (χ1) is 8.09. The molecule has 17 heavy (non-hydrogen) atoms. The van der Waals surface area contributed by atoms with Gasteiger partial charge in [0.25, 0.3) is 0 Å². The Bertz CT molecular complexity index is 289. The van der Waals surface area contributed by atoms with Gasteiger partial charge in [-0.05, 0) is 38.4 Å². The van der Waals surface area contributed by atoms with Crippen molar-refractivity contribution in [3.05, 3.63) is 0 Å². The highest BCUT2D eigenvalue weighted by molar-refractivity contribution is 7.99. The van der Waals surface area contributed by atoms with Crippen LogP contribution in [0, 0.1) is 0 Å². The average molecular weight is 257 g/mol. The molecule has 0 saturated carbocycles. The number of likely N-dealkylation sites (tertiary alicyclic amines) is 1. The number of β-amino-alcohol motifs (C(OH)–C–C–N with tert-alkyl or cyclic N) is 1. The molecule has 0 radical (unpaired) electrons. The lowest BCUT2D eigenvalue weighted by Gasteiger charge is -2.41. The Labute approximate surface area is 108 Å². The van der Waals surface area contributed by atoms with E-state index < -0.39 is 5.60 Å². The molecule has 3 unspecified atom stereocenters. The Balaban J connectivity index is 1.64. The first-order valence-corrected chi connectivity index (χ1v) is 7.92. The first-order valence-electron chi connectivity index (χ1n) is 6.77. The minimum atomic E-state index is -0.462. The SMILES string of the molecule is CC1(O)CCN(C2CCOC3(CCSC3)C2)C1. The highest BCUT2D eigenvalue weighted by Crippen LogP contribution is 2.40. The Morgan fingerprint density at radius 1 is 1.41 bits per heavy atom. The van der Waals surface area contributed by atoms with Crippen LogP contribution in [0.1, 0.15) is 32.6 Å². The summed E-state index contributed by atoms with van der Waals surface area (Å²) in [5.41, 5.74) is -0.294. The molecule has 0 aromatic heterocycles. The van der Waals surface area contributed by atoms with E-state index in [0.29, 0.717) is 6.04 Å².